The van der Waals surface area contributed by atoms with Crippen LogP contribution in [0.2, 0.25) is 0 Å². The standard InChI is InChI=1S/C18H15NO2/c20-16-10-12-4-1-2-6-14(12)17(16)19-18(21)15-9-8-11-5-3-7-13(11)15/h1-9,16-17,20H,10H2,(H,19,21)/t16-,17-/m1/s1. The molecule has 4 rings (SSSR count). The summed E-state index contributed by atoms with van der Waals surface area (Å²) in [6.07, 6.45) is 9.71. The Balaban J connectivity index is 1.61. The van der Waals surface area contributed by atoms with Crippen molar-refractivity contribution in [3.63, 3.8) is 0 Å². The number of allylic oxidation sites excluding steroid dienone is 6. The largest absolute Gasteiger partial charge is 0.390 e. The lowest BCUT2D eigenvalue weighted by Crippen LogP contribution is -2.34. The number of rotatable bonds is 2. The molecule has 0 bridgehead atoms. The molecule has 0 unspecified atom stereocenters. The second-order valence-electron chi connectivity index (χ2n) is 5.56. The molecule has 0 radical (unpaired) electrons. The van der Waals surface area contributed by atoms with Crippen molar-refractivity contribution in [2.24, 2.45) is 0 Å². The van der Waals surface area contributed by atoms with E-state index in [0.29, 0.717) is 12.0 Å². The molecular weight excluding hydrogens is 262 g/mol. The van der Waals surface area contributed by atoms with E-state index in [0.717, 1.165) is 22.3 Å². The molecule has 3 heteroatoms. The van der Waals surface area contributed by atoms with Crippen LogP contribution in [-0.2, 0) is 11.2 Å². The molecule has 0 aromatic heterocycles. The van der Waals surface area contributed by atoms with Gasteiger partial charge in [0.1, 0.15) is 0 Å². The Morgan fingerprint density at radius 2 is 2.05 bits per heavy atom. The van der Waals surface area contributed by atoms with Crippen molar-refractivity contribution in [1.82, 2.24) is 5.32 Å². The van der Waals surface area contributed by atoms with Gasteiger partial charge in [0, 0.05) is 12.0 Å². The van der Waals surface area contributed by atoms with Gasteiger partial charge in [-0.05, 0) is 28.3 Å². The molecular formula is C18H15NO2. The number of nitrogens with one attached hydrogen (secondary N) is 1. The molecule has 3 nitrogen and oxygen atoms in total. The van der Waals surface area contributed by atoms with Gasteiger partial charge in [0.25, 0.3) is 5.91 Å². The zero-order chi connectivity index (χ0) is 14.4. The van der Waals surface area contributed by atoms with Crippen LogP contribution in [0, 0.1) is 0 Å². The van der Waals surface area contributed by atoms with Gasteiger partial charge in [0.05, 0.1) is 12.1 Å². The molecule has 1 aromatic carbocycles. The first-order valence-corrected chi connectivity index (χ1v) is 7.12. The third-order valence-corrected chi connectivity index (χ3v) is 4.30. The lowest BCUT2D eigenvalue weighted by molar-refractivity contribution is -0.118. The normalized spacial score (nSPS) is 25.1. The summed E-state index contributed by atoms with van der Waals surface area (Å²) >= 11 is 0. The molecule has 0 saturated carbocycles. The van der Waals surface area contributed by atoms with Crippen molar-refractivity contribution >= 4 is 5.91 Å². The van der Waals surface area contributed by atoms with E-state index in [-0.39, 0.29) is 11.9 Å². The van der Waals surface area contributed by atoms with E-state index in [1.165, 1.54) is 0 Å². The summed E-state index contributed by atoms with van der Waals surface area (Å²) in [5.74, 6) is -0.128. The summed E-state index contributed by atoms with van der Waals surface area (Å²) in [4.78, 5) is 12.5. The molecule has 3 aliphatic rings. The van der Waals surface area contributed by atoms with Gasteiger partial charge < -0.3 is 10.4 Å². The van der Waals surface area contributed by atoms with E-state index in [1.54, 1.807) is 0 Å². The molecule has 0 fully saturated rings. The molecule has 104 valence electrons. The van der Waals surface area contributed by atoms with Crippen LogP contribution < -0.4 is 5.32 Å². The quantitative estimate of drug-likeness (QED) is 0.870. The summed E-state index contributed by atoms with van der Waals surface area (Å²) in [6.45, 7) is 0. The van der Waals surface area contributed by atoms with E-state index in [4.69, 9.17) is 0 Å². The molecule has 2 atom stereocenters. The van der Waals surface area contributed by atoms with E-state index in [2.05, 4.69) is 5.32 Å². The summed E-state index contributed by atoms with van der Waals surface area (Å²) in [5.41, 5.74) is 4.84. The number of carbonyl (C=O) groups excluding carboxylic acids is 1. The summed E-state index contributed by atoms with van der Waals surface area (Å²) in [6, 6.07) is 7.55. The van der Waals surface area contributed by atoms with Crippen molar-refractivity contribution in [3.8, 4) is 0 Å². The molecule has 21 heavy (non-hydrogen) atoms. The number of benzene rings is 1. The Morgan fingerprint density at radius 1 is 1.19 bits per heavy atom. The van der Waals surface area contributed by atoms with Crippen LogP contribution in [-0.4, -0.2) is 17.1 Å². The van der Waals surface area contributed by atoms with Crippen molar-refractivity contribution < 1.29 is 9.90 Å². The highest BCUT2D eigenvalue weighted by Crippen LogP contribution is 2.33. The minimum atomic E-state index is -0.559. The van der Waals surface area contributed by atoms with Gasteiger partial charge in [-0.25, -0.2) is 0 Å². The van der Waals surface area contributed by atoms with Crippen molar-refractivity contribution in [2.75, 3.05) is 0 Å². The molecule has 0 aliphatic heterocycles. The highest BCUT2D eigenvalue weighted by molar-refractivity contribution is 6.01. The first-order valence-electron chi connectivity index (χ1n) is 7.12. The highest BCUT2D eigenvalue weighted by atomic mass is 16.3. The number of aliphatic hydroxyl groups excluding tert-OH is 1. The van der Waals surface area contributed by atoms with E-state index in [9.17, 15) is 9.90 Å². The monoisotopic (exact) mass is 277 g/mol. The van der Waals surface area contributed by atoms with Gasteiger partial charge in [0.2, 0.25) is 0 Å². The SMILES string of the molecule is O=C(N[C@@H]1c2ccccc2C[C@H]1O)C1=C2C=CC=C2C=C1. The molecule has 1 aromatic rings. The summed E-state index contributed by atoms with van der Waals surface area (Å²) in [5, 5.41) is 13.2. The van der Waals surface area contributed by atoms with E-state index < -0.39 is 6.10 Å². The van der Waals surface area contributed by atoms with E-state index >= 15 is 0 Å². The third kappa shape index (κ3) is 1.89. The highest BCUT2D eigenvalue weighted by Gasteiger charge is 2.33. The van der Waals surface area contributed by atoms with Gasteiger partial charge in [-0.1, -0.05) is 48.6 Å². The molecule has 1 amide bonds. The fourth-order valence-electron chi connectivity index (χ4n) is 3.25. The van der Waals surface area contributed by atoms with Crippen molar-refractivity contribution in [1.29, 1.82) is 0 Å². The predicted octanol–water partition coefficient (Wildman–Crippen LogP) is 2.12. The predicted molar refractivity (Wildman–Crippen MR) is 80.4 cm³/mol. The Hall–Kier alpha value is -2.39. The fraction of sp³-hybridized carbons (Fsp3) is 0.167. The molecule has 0 heterocycles. The van der Waals surface area contributed by atoms with Crippen molar-refractivity contribution in [2.45, 2.75) is 18.6 Å². The topological polar surface area (TPSA) is 49.3 Å². The smallest absolute Gasteiger partial charge is 0.252 e. The zero-order valence-electron chi connectivity index (χ0n) is 11.4. The Morgan fingerprint density at radius 3 is 2.95 bits per heavy atom. The number of hydrogen-bond acceptors (Lipinski definition) is 2. The Kier molecular flexibility index (Phi) is 2.69. The van der Waals surface area contributed by atoms with Crippen LogP contribution in [0.5, 0.6) is 0 Å². The second-order valence-corrected chi connectivity index (χ2v) is 5.56. The summed E-state index contributed by atoms with van der Waals surface area (Å²) < 4.78 is 0. The van der Waals surface area contributed by atoms with Crippen LogP contribution in [0.25, 0.3) is 0 Å². The maximum absolute atomic E-state index is 12.5. The van der Waals surface area contributed by atoms with E-state index in [1.807, 2.05) is 54.6 Å². The van der Waals surface area contributed by atoms with Gasteiger partial charge >= 0.3 is 0 Å². The van der Waals surface area contributed by atoms with Gasteiger partial charge in [-0.3, -0.25) is 4.79 Å². The fourth-order valence-corrected chi connectivity index (χ4v) is 3.25. The molecule has 2 N–H and O–H groups in total. The van der Waals surface area contributed by atoms with Gasteiger partial charge in [0.15, 0.2) is 0 Å². The number of carbonyl (C=O) groups is 1. The van der Waals surface area contributed by atoms with Crippen LogP contribution in [0.3, 0.4) is 0 Å². The summed E-state index contributed by atoms with van der Waals surface area (Å²) in [7, 11) is 0. The number of fused-ring (bicyclic) bond motifs is 2. The number of hydrogen-bond donors (Lipinski definition) is 2. The maximum Gasteiger partial charge on any atom is 0.252 e. The molecule has 0 spiro atoms. The van der Waals surface area contributed by atoms with Crippen LogP contribution in [0.15, 0.2) is 71.4 Å². The molecule has 0 saturated heterocycles. The minimum absolute atomic E-state index is 0.128. The average molecular weight is 277 g/mol. The first kappa shape index (κ1) is 12.4. The van der Waals surface area contributed by atoms with Crippen LogP contribution in [0.1, 0.15) is 17.2 Å². The average Bonchev–Trinajstić information content (AvgIpc) is 3.14. The van der Waals surface area contributed by atoms with Gasteiger partial charge in [-0.2, -0.15) is 0 Å². The second kappa shape index (κ2) is 4.57. The van der Waals surface area contributed by atoms with Crippen LogP contribution >= 0.6 is 0 Å². The van der Waals surface area contributed by atoms with Crippen LogP contribution in [0.4, 0.5) is 0 Å². The lowest BCUT2D eigenvalue weighted by atomic mass is 10.1. The maximum atomic E-state index is 12.5. The Bertz CT molecular complexity index is 752. The lowest BCUT2D eigenvalue weighted by Gasteiger charge is -2.18. The number of amides is 1. The Labute approximate surface area is 123 Å². The van der Waals surface area contributed by atoms with Gasteiger partial charge in [-0.15, -0.1) is 0 Å². The first-order chi connectivity index (χ1) is 10.2. The third-order valence-electron chi connectivity index (χ3n) is 4.30. The minimum Gasteiger partial charge on any atom is -0.390 e. The van der Waals surface area contributed by atoms with Crippen molar-refractivity contribution in [3.05, 3.63) is 82.5 Å². The number of aliphatic hydroxyl groups is 1. The molecule has 3 aliphatic carbocycles. The zero-order valence-corrected chi connectivity index (χ0v) is 11.4.